The Hall–Kier alpha value is -2.35. The van der Waals surface area contributed by atoms with Gasteiger partial charge in [-0.2, -0.15) is 13.2 Å². The highest BCUT2D eigenvalue weighted by Gasteiger charge is 2.29. The number of hydrogen-bond acceptors (Lipinski definition) is 3. The second-order valence-electron chi connectivity index (χ2n) is 6.18. The number of anilines is 1. The molecule has 26 heavy (non-hydrogen) atoms. The highest BCUT2D eigenvalue weighted by molar-refractivity contribution is 5.95. The predicted octanol–water partition coefficient (Wildman–Crippen LogP) is 3.24. The first kappa shape index (κ1) is 20.0. The summed E-state index contributed by atoms with van der Waals surface area (Å²) in [6.45, 7) is 3.49. The van der Waals surface area contributed by atoms with Crippen LogP contribution in [0.2, 0.25) is 0 Å². The molecule has 0 aliphatic rings. The van der Waals surface area contributed by atoms with E-state index in [1.807, 2.05) is 38.1 Å². The molecule has 0 aliphatic heterocycles. The predicted molar refractivity (Wildman–Crippen MR) is 93.8 cm³/mol. The molecule has 0 fully saturated rings. The highest BCUT2D eigenvalue weighted by atomic mass is 19.4. The lowest BCUT2D eigenvalue weighted by Crippen LogP contribution is -2.39. The van der Waals surface area contributed by atoms with Gasteiger partial charge in [0, 0.05) is 24.6 Å². The van der Waals surface area contributed by atoms with E-state index in [1.165, 1.54) is 12.4 Å². The minimum atomic E-state index is -4.31. The van der Waals surface area contributed by atoms with Crippen molar-refractivity contribution in [2.24, 2.45) is 0 Å². The van der Waals surface area contributed by atoms with Gasteiger partial charge < -0.3 is 9.47 Å². The van der Waals surface area contributed by atoms with E-state index in [-0.39, 0.29) is 24.8 Å². The second-order valence-corrected chi connectivity index (χ2v) is 6.18. The van der Waals surface area contributed by atoms with Crippen molar-refractivity contribution in [1.82, 2.24) is 14.5 Å². The van der Waals surface area contributed by atoms with E-state index in [2.05, 4.69) is 4.98 Å². The fourth-order valence-electron chi connectivity index (χ4n) is 2.79. The molecule has 0 radical (unpaired) electrons. The van der Waals surface area contributed by atoms with Crippen LogP contribution in [0.1, 0.15) is 18.3 Å². The smallest absolute Gasteiger partial charge is 0.325 e. The molecule has 2 aromatic rings. The third-order valence-electron chi connectivity index (χ3n) is 3.99. The number of para-hydroxylation sites is 1. The van der Waals surface area contributed by atoms with Crippen molar-refractivity contribution in [1.29, 1.82) is 0 Å². The molecule has 8 heteroatoms. The minimum absolute atomic E-state index is 0.0844. The topological polar surface area (TPSA) is 41.4 Å². The van der Waals surface area contributed by atoms with Gasteiger partial charge in [0.05, 0.1) is 13.1 Å². The second kappa shape index (κ2) is 8.35. The summed E-state index contributed by atoms with van der Waals surface area (Å²) >= 11 is 0. The molecule has 0 saturated carbocycles. The number of halogens is 3. The zero-order valence-corrected chi connectivity index (χ0v) is 15.1. The largest absolute Gasteiger partial charge is 0.406 e. The molecule has 0 N–H and O–H groups in total. The van der Waals surface area contributed by atoms with Gasteiger partial charge in [-0.25, -0.2) is 4.98 Å². The SMILES string of the molecule is CCN(C(=O)CN(C)Cc1nccn1CC(F)(F)F)c1ccccc1C. The van der Waals surface area contributed by atoms with Gasteiger partial charge in [0.25, 0.3) is 0 Å². The van der Waals surface area contributed by atoms with Crippen molar-refractivity contribution < 1.29 is 18.0 Å². The van der Waals surface area contributed by atoms with E-state index < -0.39 is 12.7 Å². The Morgan fingerprint density at radius 3 is 2.58 bits per heavy atom. The Kier molecular flexibility index (Phi) is 6.42. The molecular weight excluding hydrogens is 345 g/mol. The fourth-order valence-corrected chi connectivity index (χ4v) is 2.79. The van der Waals surface area contributed by atoms with Crippen molar-refractivity contribution in [2.45, 2.75) is 33.1 Å². The van der Waals surface area contributed by atoms with Crippen molar-refractivity contribution in [2.75, 3.05) is 25.0 Å². The zero-order chi connectivity index (χ0) is 19.3. The maximum absolute atomic E-state index is 12.7. The number of alkyl halides is 3. The van der Waals surface area contributed by atoms with Crippen LogP contribution in [0.4, 0.5) is 18.9 Å². The Labute approximate surface area is 151 Å². The molecule has 0 saturated heterocycles. The van der Waals surface area contributed by atoms with Gasteiger partial charge in [-0.3, -0.25) is 9.69 Å². The lowest BCUT2D eigenvalue weighted by Gasteiger charge is -2.26. The van der Waals surface area contributed by atoms with Crippen molar-refractivity contribution >= 4 is 11.6 Å². The van der Waals surface area contributed by atoms with Crippen LogP contribution in [-0.4, -0.2) is 46.7 Å². The first-order valence-corrected chi connectivity index (χ1v) is 8.32. The number of amides is 1. The molecule has 1 heterocycles. The van der Waals surface area contributed by atoms with E-state index in [4.69, 9.17) is 0 Å². The average Bonchev–Trinajstić information content (AvgIpc) is 2.94. The molecule has 1 aromatic heterocycles. The summed E-state index contributed by atoms with van der Waals surface area (Å²) in [7, 11) is 1.69. The summed E-state index contributed by atoms with van der Waals surface area (Å²) in [4.78, 5) is 20.0. The molecule has 5 nitrogen and oxygen atoms in total. The van der Waals surface area contributed by atoms with Crippen molar-refractivity contribution in [3.63, 3.8) is 0 Å². The van der Waals surface area contributed by atoms with Crippen molar-refractivity contribution in [3.05, 3.63) is 48.0 Å². The van der Waals surface area contributed by atoms with Crippen LogP contribution < -0.4 is 4.90 Å². The molecule has 0 atom stereocenters. The van der Waals surface area contributed by atoms with Gasteiger partial charge in [0.2, 0.25) is 5.91 Å². The maximum Gasteiger partial charge on any atom is 0.406 e. The standard InChI is InChI=1S/C18H23F3N4O/c1-4-25(15-8-6-5-7-14(15)2)17(26)12-23(3)11-16-22-9-10-24(16)13-18(19,20)21/h5-10H,4,11-13H2,1-3H3. The Morgan fingerprint density at radius 2 is 1.96 bits per heavy atom. The number of aromatic nitrogens is 2. The minimum Gasteiger partial charge on any atom is -0.325 e. The number of aryl methyl sites for hydroxylation is 1. The lowest BCUT2D eigenvalue weighted by atomic mass is 10.2. The van der Waals surface area contributed by atoms with Crippen LogP contribution in [0.3, 0.4) is 0 Å². The number of benzene rings is 1. The Bertz CT molecular complexity index is 742. The molecule has 0 unspecified atom stereocenters. The number of carbonyl (C=O) groups is 1. The third-order valence-corrected chi connectivity index (χ3v) is 3.99. The summed E-state index contributed by atoms with van der Waals surface area (Å²) < 4.78 is 38.9. The van der Waals surface area contributed by atoms with Crippen LogP contribution in [-0.2, 0) is 17.9 Å². The number of nitrogens with zero attached hydrogens (tertiary/aromatic N) is 4. The van der Waals surface area contributed by atoms with E-state index in [9.17, 15) is 18.0 Å². The maximum atomic E-state index is 12.7. The van der Waals surface area contributed by atoms with Crippen LogP contribution >= 0.6 is 0 Å². The highest BCUT2D eigenvalue weighted by Crippen LogP contribution is 2.20. The Morgan fingerprint density at radius 1 is 1.27 bits per heavy atom. The monoisotopic (exact) mass is 368 g/mol. The first-order valence-electron chi connectivity index (χ1n) is 8.32. The van der Waals surface area contributed by atoms with E-state index in [1.54, 1.807) is 16.8 Å². The van der Waals surface area contributed by atoms with Crippen LogP contribution in [0.5, 0.6) is 0 Å². The molecule has 142 valence electrons. The number of carbonyl (C=O) groups excluding carboxylic acids is 1. The van der Waals surface area contributed by atoms with Gasteiger partial charge in [0.15, 0.2) is 0 Å². The van der Waals surface area contributed by atoms with Gasteiger partial charge in [-0.05, 0) is 32.5 Å². The molecular formula is C18H23F3N4O. The number of imidazole rings is 1. The lowest BCUT2D eigenvalue weighted by molar-refractivity contribution is -0.141. The van der Waals surface area contributed by atoms with E-state index in [0.717, 1.165) is 15.8 Å². The normalized spacial score (nSPS) is 11.8. The number of hydrogen-bond donors (Lipinski definition) is 0. The summed E-state index contributed by atoms with van der Waals surface area (Å²) in [5.41, 5.74) is 1.83. The van der Waals surface area contributed by atoms with E-state index in [0.29, 0.717) is 6.54 Å². The van der Waals surface area contributed by atoms with Gasteiger partial charge in [-0.1, -0.05) is 18.2 Å². The molecule has 0 aliphatic carbocycles. The zero-order valence-electron chi connectivity index (χ0n) is 15.1. The summed E-state index contributed by atoms with van der Waals surface area (Å²) in [6.07, 6.45) is -1.68. The third kappa shape index (κ3) is 5.32. The van der Waals surface area contributed by atoms with E-state index >= 15 is 0 Å². The number of likely N-dealkylation sites (N-methyl/N-ethyl adjacent to an activating group) is 2. The molecule has 0 spiro atoms. The van der Waals surface area contributed by atoms with Gasteiger partial charge in [0.1, 0.15) is 12.4 Å². The van der Waals surface area contributed by atoms with Gasteiger partial charge >= 0.3 is 6.18 Å². The fraction of sp³-hybridized carbons (Fsp3) is 0.444. The average molecular weight is 368 g/mol. The molecule has 1 amide bonds. The first-order chi connectivity index (χ1) is 12.2. The molecule has 1 aromatic carbocycles. The van der Waals surface area contributed by atoms with Crippen LogP contribution in [0, 0.1) is 6.92 Å². The van der Waals surface area contributed by atoms with Crippen LogP contribution in [0.25, 0.3) is 0 Å². The molecule has 0 bridgehead atoms. The quantitative estimate of drug-likeness (QED) is 0.753. The Balaban J connectivity index is 2.03. The van der Waals surface area contributed by atoms with Crippen molar-refractivity contribution in [3.8, 4) is 0 Å². The molecule has 2 rings (SSSR count). The van der Waals surface area contributed by atoms with Crippen LogP contribution in [0.15, 0.2) is 36.7 Å². The summed E-state index contributed by atoms with van der Waals surface area (Å²) in [6, 6.07) is 7.59. The van der Waals surface area contributed by atoms with Gasteiger partial charge in [-0.15, -0.1) is 0 Å². The summed E-state index contributed by atoms with van der Waals surface area (Å²) in [5, 5.41) is 0. The number of rotatable bonds is 7. The summed E-state index contributed by atoms with van der Waals surface area (Å²) in [5.74, 6) is 0.162.